The first-order chi connectivity index (χ1) is 7.61. The number of carbonyl (C=O) groups is 1. The monoisotopic (exact) mass is 225 g/mol. The number of ether oxygens (including phenoxy) is 1. The SMILES string of the molecule is CCOC(=O)C(O)C(O)c1cn[nH]c1C#N. The molecular formula is C9H11N3O4. The zero-order valence-corrected chi connectivity index (χ0v) is 8.54. The van der Waals surface area contributed by atoms with Crippen LogP contribution in [-0.4, -0.2) is 39.1 Å². The molecule has 1 heterocycles. The number of aromatic nitrogens is 2. The molecule has 0 saturated carbocycles. The number of hydrogen-bond acceptors (Lipinski definition) is 6. The summed E-state index contributed by atoms with van der Waals surface area (Å²) >= 11 is 0. The van der Waals surface area contributed by atoms with Crippen molar-refractivity contribution in [3.8, 4) is 6.07 Å². The summed E-state index contributed by atoms with van der Waals surface area (Å²) in [5.41, 5.74) is 0.0545. The second-order valence-electron chi connectivity index (χ2n) is 2.95. The van der Waals surface area contributed by atoms with Crippen molar-refractivity contribution in [3.05, 3.63) is 17.5 Å². The lowest BCUT2D eigenvalue weighted by molar-refractivity contribution is -0.159. The number of esters is 1. The van der Waals surface area contributed by atoms with Gasteiger partial charge in [0, 0.05) is 5.56 Å². The molecule has 0 fully saturated rings. The van der Waals surface area contributed by atoms with Crippen LogP contribution in [0.25, 0.3) is 0 Å². The molecule has 0 bridgehead atoms. The fraction of sp³-hybridized carbons (Fsp3) is 0.444. The van der Waals surface area contributed by atoms with Gasteiger partial charge in [0.25, 0.3) is 0 Å². The standard InChI is InChI=1S/C9H11N3O4/c1-2-16-9(15)8(14)7(13)5-4-11-12-6(5)3-10/h4,7-8,13-14H,2H2,1H3,(H,11,12). The summed E-state index contributed by atoms with van der Waals surface area (Å²) in [7, 11) is 0. The minimum absolute atomic E-state index is 0.00384. The quantitative estimate of drug-likeness (QED) is 0.579. The van der Waals surface area contributed by atoms with E-state index in [0.29, 0.717) is 0 Å². The van der Waals surface area contributed by atoms with Crippen LogP contribution >= 0.6 is 0 Å². The molecule has 0 aliphatic carbocycles. The summed E-state index contributed by atoms with van der Waals surface area (Å²) in [6, 6.07) is 1.74. The third kappa shape index (κ3) is 2.36. The molecule has 2 unspecified atom stereocenters. The van der Waals surface area contributed by atoms with Gasteiger partial charge in [0.05, 0.1) is 12.8 Å². The Bertz CT molecular complexity index is 409. The van der Waals surface area contributed by atoms with E-state index < -0.39 is 18.2 Å². The topological polar surface area (TPSA) is 119 Å². The number of H-pyrrole nitrogens is 1. The predicted molar refractivity (Wildman–Crippen MR) is 50.9 cm³/mol. The average molecular weight is 225 g/mol. The molecule has 1 rings (SSSR count). The van der Waals surface area contributed by atoms with Gasteiger partial charge in [-0.3, -0.25) is 5.10 Å². The predicted octanol–water partition coefficient (Wildman–Crippen LogP) is -0.761. The van der Waals surface area contributed by atoms with Crippen LogP contribution in [0.5, 0.6) is 0 Å². The van der Waals surface area contributed by atoms with E-state index in [2.05, 4.69) is 14.9 Å². The Morgan fingerprint density at radius 2 is 2.44 bits per heavy atom. The van der Waals surface area contributed by atoms with Crippen molar-refractivity contribution >= 4 is 5.97 Å². The molecule has 7 nitrogen and oxygen atoms in total. The summed E-state index contributed by atoms with van der Waals surface area (Å²) in [6.07, 6.45) is -2.09. The average Bonchev–Trinajstić information content (AvgIpc) is 2.75. The van der Waals surface area contributed by atoms with Crippen molar-refractivity contribution < 1.29 is 19.7 Å². The Morgan fingerprint density at radius 1 is 1.75 bits per heavy atom. The molecule has 16 heavy (non-hydrogen) atoms. The molecule has 1 aromatic heterocycles. The van der Waals surface area contributed by atoms with Crippen molar-refractivity contribution in [1.29, 1.82) is 5.26 Å². The number of hydrogen-bond donors (Lipinski definition) is 3. The zero-order chi connectivity index (χ0) is 12.1. The fourth-order valence-corrected chi connectivity index (χ4v) is 1.14. The molecule has 0 aliphatic heterocycles. The highest BCUT2D eigenvalue weighted by Crippen LogP contribution is 2.19. The van der Waals surface area contributed by atoms with Crippen LogP contribution < -0.4 is 0 Å². The molecule has 0 aliphatic rings. The highest BCUT2D eigenvalue weighted by Gasteiger charge is 2.29. The van der Waals surface area contributed by atoms with E-state index in [1.165, 1.54) is 6.20 Å². The highest BCUT2D eigenvalue weighted by atomic mass is 16.5. The van der Waals surface area contributed by atoms with Crippen molar-refractivity contribution in [1.82, 2.24) is 10.2 Å². The third-order valence-electron chi connectivity index (χ3n) is 1.93. The van der Waals surface area contributed by atoms with Crippen molar-refractivity contribution in [2.75, 3.05) is 6.61 Å². The summed E-state index contributed by atoms with van der Waals surface area (Å²) in [5.74, 6) is -0.944. The first-order valence-electron chi connectivity index (χ1n) is 4.58. The van der Waals surface area contributed by atoms with E-state index in [4.69, 9.17) is 5.26 Å². The smallest absolute Gasteiger partial charge is 0.338 e. The van der Waals surface area contributed by atoms with Gasteiger partial charge in [-0.15, -0.1) is 0 Å². The van der Waals surface area contributed by atoms with Crippen LogP contribution in [-0.2, 0) is 9.53 Å². The number of nitrogens with zero attached hydrogens (tertiary/aromatic N) is 2. The Kier molecular flexibility index (Phi) is 3.99. The molecule has 0 spiro atoms. The Balaban J connectivity index is 2.82. The largest absolute Gasteiger partial charge is 0.464 e. The van der Waals surface area contributed by atoms with Gasteiger partial charge in [0.15, 0.2) is 6.10 Å². The van der Waals surface area contributed by atoms with Crippen LogP contribution in [0, 0.1) is 11.3 Å². The van der Waals surface area contributed by atoms with Gasteiger partial charge in [-0.25, -0.2) is 4.79 Å². The van der Waals surface area contributed by atoms with Gasteiger partial charge >= 0.3 is 5.97 Å². The van der Waals surface area contributed by atoms with E-state index in [-0.39, 0.29) is 17.9 Å². The number of carbonyl (C=O) groups excluding carboxylic acids is 1. The van der Waals surface area contributed by atoms with Crippen molar-refractivity contribution in [2.45, 2.75) is 19.1 Å². The van der Waals surface area contributed by atoms with Crippen molar-refractivity contribution in [2.24, 2.45) is 0 Å². The van der Waals surface area contributed by atoms with Gasteiger partial charge in [-0.05, 0) is 6.92 Å². The van der Waals surface area contributed by atoms with Crippen molar-refractivity contribution in [3.63, 3.8) is 0 Å². The van der Waals surface area contributed by atoms with Gasteiger partial charge in [-0.2, -0.15) is 10.4 Å². The van der Waals surface area contributed by atoms with E-state index in [0.717, 1.165) is 0 Å². The Morgan fingerprint density at radius 3 is 3.00 bits per heavy atom. The fourth-order valence-electron chi connectivity index (χ4n) is 1.14. The van der Waals surface area contributed by atoms with E-state index in [1.807, 2.05) is 0 Å². The summed E-state index contributed by atoms with van der Waals surface area (Å²) in [6.45, 7) is 1.68. The van der Waals surface area contributed by atoms with Gasteiger partial charge in [0.1, 0.15) is 17.9 Å². The molecule has 3 N–H and O–H groups in total. The van der Waals surface area contributed by atoms with Crippen LogP contribution in [0.2, 0.25) is 0 Å². The first kappa shape index (κ1) is 12.2. The van der Waals surface area contributed by atoms with Gasteiger partial charge in [-0.1, -0.05) is 0 Å². The molecule has 0 saturated heterocycles. The lowest BCUT2D eigenvalue weighted by atomic mass is 10.1. The normalized spacial score (nSPS) is 13.9. The highest BCUT2D eigenvalue weighted by molar-refractivity contribution is 5.75. The number of aliphatic hydroxyl groups excluding tert-OH is 2. The van der Waals surface area contributed by atoms with E-state index >= 15 is 0 Å². The number of nitriles is 1. The van der Waals surface area contributed by atoms with Gasteiger partial charge < -0.3 is 14.9 Å². The molecule has 86 valence electrons. The molecule has 0 radical (unpaired) electrons. The maximum absolute atomic E-state index is 11.1. The zero-order valence-electron chi connectivity index (χ0n) is 8.54. The van der Waals surface area contributed by atoms with Crippen LogP contribution in [0.1, 0.15) is 24.3 Å². The van der Waals surface area contributed by atoms with Gasteiger partial charge in [0.2, 0.25) is 0 Å². The molecular weight excluding hydrogens is 214 g/mol. The Hall–Kier alpha value is -1.91. The number of aliphatic hydroxyl groups is 2. The van der Waals surface area contributed by atoms with Crippen LogP contribution in [0.4, 0.5) is 0 Å². The lowest BCUT2D eigenvalue weighted by Gasteiger charge is -2.15. The summed E-state index contributed by atoms with van der Waals surface area (Å²) < 4.78 is 4.53. The van der Waals surface area contributed by atoms with E-state index in [9.17, 15) is 15.0 Å². The second kappa shape index (κ2) is 5.25. The van der Waals surface area contributed by atoms with E-state index in [1.54, 1.807) is 13.0 Å². The molecule has 0 aromatic carbocycles. The van der Waals surface area contributed by atoms with Crippen LogP contribution in [0.15, 0.2) is 6.20 Å². The minimum atomic E-state index is -1.73. The number of nitrogens with one attached hydrogen (secondary N) is 1. The maximum Gasteiger partial charge on any atom is 0.338 e. The summed E-state index contributed by atoms with van der Waals surface area (Å²) in [4.78, 5) is 11.1. The molecule has 2 atom stereocenters. The lowest BCUT2D eigenvalue weighted by Crippen LogP contribution is -2.30. The molecule has 0 amide bonds. The molecule has 1 aromatic rings. The maximum atomic E-state index is 11.1. The second-order valence-corrected chi connectivity index (χ2v) is 2.95. The number of rotatable bonds is 4. The minimum Gasteiger partial charge on any atom is -0.464 e. The van der Waals surface area contributed by atoms with Crippen LogP contribution in [0.3, 0.4) is 0 Å². The number of aromatic amines is 1. The summed E-state index contributed by atoms with van der Waals surface area (Å²) in [5, 5.41) is 33.6. The Labute approximate surface area is 91.3 Å². The third-order valence-corrected chi connectivity index (χ3v) is 1.93. The first-order valence-corrected chi connectivity index (χ1v) is 4.58. The molecule has 7 heteroatoms.